The van der Waals surface area contributed by atoms with Gasteiger partial charge in [0.15, 0.2) is 11.2 Å². The van der Waals surface area contributed by atoms with E-state index >= 15 is 0 Å². The lowest BCUT2D eigenvalue weighted by Crippen LogP contribution is -2.58. The molecule has 0 amide bonds. The van der Waals surface area contributed by atoms with Crippen molar-refractivity contribution < 1.29 is 4.43 Å². The van der Waals surface area contributed by atoms with Crippen molar-refractivity contribution in [3.8, 4) is 5.88 Å². The molecule has 152 valence electrons. The molecule has 0 unspecified atom stereocenters. The van der Waals surface area contributed by atoms with Crippen LogP contribution in [0.2, 0.25) is 16.1 Å². The Bertz CT molecular complexity index is 785. The Morgan fingerprint density at radius 1 is 1.04 bits per heavy atom. The predicted octanol–water partition coefficient (Wildman–Crippen LogP) is 5.57. The highest BCUT2D eigenvalue weighted by molar-refractivity contribution is 6.80. The van der Waals surface area contributed by atoms with Crippen molar-refractivity contribution in [3.05, 3.63) is 6.33 Å². The zero-order valence-corrected chi connectivity index (χ0v) is 19.7. The molecule has 0 aliphatic rings. The van der Waals surface area contributed by atoms with Crippen LogP contribution in [-0.4, -0.2) is 27.8 Å². The molecule has 2 heterocycles. The van der Waals surface area contributed by atoms with Gasteiger partial charge in [-0.15, -0.1) is 0 Å². The fourth-order valence-electron chi connectivity index (χ4n) is 4.18. The zero-order valence-electron chi connectivity index (χ0n) is 18.7. The summed E-state index contributed by atoms with van der Waals surface area (Å²) in [4.78, 5) is 13.5. The van der Waals surface area contributed by atoms with Crippen molar-refractivity contribution in [1.82, 2.24) is 19.5 Å². The van der Waals surface area contributed by atoms with Crippen LogP contribution in [0.3, 0.4) is 0 Å². The monoisotopic (exact) mass is 391 g/mol. The van der Waals surface area contributed by atoms with E-state index in [1.807, 2.05) is 4.57 Å². The third kappa shape index (κ3) is 3.98. The lowest BCUT2D eigenvalue weighted by Gasteiger charge is -2.51. The molecule has 27 heavy (non-hydrogen) atoms. The number of nitrogens with two attached hydrogens (primary N) is 1. The number of imidazole rings is 1. The van der Waals surface area contributed by atoms with Gasteiger partial charge in [0.05, 0.1) is 6.33 Å². The van der Waals surface area contributed by atoms with E-state index in [1.165, 1.54) is 0 Å². The topological polar surface area (TPSA) is 78.8 Å². The van der Waals surface area contributed by atoms with Gasteiger partial charge in [-0.3, -0.25) is 0 Å². The van der Waals surface area contributed by atoms with Gasteiger partial charge in [0.1, 0.15) is 0 Å². The van der Waals surface area contributed by atoms with Crippen LogP contribution >= 0.6 is 0 Å². The first-order chi connectivity index (χ1) is 12.2. The lowest BCUT2D eigenvalue weighted by atomic mass is 10.2. The normalized spacial score (nSPS) is 13.8. The fourth-order valence-corrected chi connectivity index (χ4v) is 9.97. The summed E-state index contributed by atoms with van der Waals surface area (Å²) >= 11 is 0. The van der Waals surface area contributed by atoms with Crippen LogP contribution in [0.5, 0.6) is 5.88 Å². The van der Waals surface area contributed by atoms with Crippen LogP contribution in [0.1, 0.15) is 75.3 Å². The van der Waals surface area contributed by atoms with Gasteiger partial charge < -0.3 is 14.7 Å². The van der Waals surface area contributed by atoms with Crippen molar-refractivity contribution in [3.63, 3.8) is 0 Å². The minimum Gasteiger partial charge on any atom is -0.528 e. The Balaban J connectivity index is 2.72. The van der Waals surface area contributed by atoms with E-state index in [0.717, 1.165) is 11.7 Å². The van der Waals surface area contributed by atoms with Crippen molar-refractivity contribution in [2.45, 2.75) is 91.4 Å². The molecule has 2 N–H and O–H groups in total. The molecule has 7 heteroatoms. The highest BCUT2D eigenvalue weighted by Crippen LogP contribution is 2.55. The van der Waals surface area contributed by atoms with E-state index in [4.69, 9.17) is 10.2 Å². The Morgan fingerprint density at radius 3 is 2.04 bits per heavy atom. The SMILES string of the molecule is CC(C)C[Si](Oc1nc(N)nc2c1ncn2C(C)C)(C(C)(C)C)C(C)(C)C. The van der Waals surface area contributed by atoms with E-state index in [1.54, 1.807) is 6.33 Å². The first-order valence-electron chi connectivity index (χ1n) is 9.88. The Kier molecular flexibility index (Phi) is 5.68. The Hall–Kier alpha value is -1.63. The van der Waals surface area contributed by atoms with Gasteiger partial charge in [0.2, 0.25) is 11.8 Å². The van der Waals surface area contributed by atoms with Gasteiger partial charge in [-0.1, -0.05) is 55.4 Å². The number of fused-ring (bicyclic) bond motifs is 1. The zero-order chi connectivity index (χ0) is 20.8. The summed E-state index contributed by atoms with van der Waals surface area (Å²) in [6.07, 6.45) is 1.80. The molecule has 0 aromatic carbocycles. The summed E-state index contributed by atoms with van der Waals surface area (Å²) in [6.45, 7) is 22.5. The van der Waals surface area contributed by atoms with Crippen molar-refractivity contribution in [2.75, 3.05) is 5.73 Å². The highest BCUT2D eigenvalue weighted by Gasteiger charge is 2.57. The van der Waals surface area contributed by atoms with Crippen LogP contribution in [0.15, 0.2) is 6.33 Å². The van der Waals surface area contributed by atoms with Gasteiger partial charge in [-0.25, -0.2) is 4.98 Å². The van der Waals surface area contributed by atoms with Crippen LogP contribution in [0, 0.1) is 5.92 Å². The molecule has 2 rings (SSSR count). The maximum absolute atomic E-state index is 6.96. The second kappa shape index (κ2) is 7.07. The molecule has 0 aliphatic heterocycles. The first-order valence-corrected chi connectivity index (χ1v) is 12.0. The molecule has 0 bridgehead atoms. The highest BCUT2D eigenvalue weighted by atomic mass is 28.4. The van der Waals surface area contributed by atoms with E-state index < -0.39 is 8.32 Å². The molecule has 0 spiro atoms. The summed E-state index contributed by atoms with van der Waals surface area (Å²) in [5, 5.41) is 0.0321. The standard InChI is InChI=1S/C20H37N5OSi/c1-13(2)11-27(19(5,6)7,20(8,9)10)26-17-15-16(23-18(21)24-17)25(12-22-15)14(3)4/h12-14H,11H2,1-10H3,(H2,21,23,24). The number of rotatable bonds is 5. The molecule has 0 radical (unpaired) electrons. The third-order valence-corrected chi connectivity index (χ3v) is 12.1. The molecule has 0 aliphatic carbocycles. The molecular formula is C20H37N5OSi. The largest absolute Gasteiger partial charge is 0.528 e. The maximum Gasteiger partial charge on any atom is 0.264 e. The summed E-state index contributed by atoms with van der Waals surface area (Å²) < 4.78 is 8.97. The van der Waals surface area contributed by atoms with Gasteiger partial charge in [0.25, 0.3) is 8.32 Å². The second-order valence-corrected chi connectivity index (χ2v) is 15.6. The van der Waals surface area contributed by atoms with E-state index in [0.29, 0.717) is 17.3 Å². The number of nitrogens with zero attached hydrogens (tertiary/aromatic N) is 4. The van der Waals surface area contributed by atoms with Crippen molar-refractivity contribution >= 4 is 25.4 Å². The summed E-state index contributed by atoms with van der Waals surface area (Å²) in [5.74, 6) is 1.29. The third-order valence-electron chi connectivity index (χ3n) is 5.35. The predicted molar refractivity (Wildman–Crippen MR) is 116 cm³/mol. The number of nitrogen functional groups attached to an aromatic ring is 1. The summed E-state index contributed by atoms with van der Waals surface area (Å²) in [6, 6.07) is 1.27. The van der Waals surface area contributed by atoms with Crippen molar-refractivity contribution in [2.24, 2.45) is 5.92 Å². The lowest BCUT2D eigenvalue weighted by molar-refractivity contribution is 0.399. The van der Waals surface area contributed by atoms with E-state index in [2.05, 4.69) is 84.2 Å². The molecule has 2 aromatic heterocycles. The minimum atomic E-state index is -2.36. The molecule has 0 fully saturated rings. The average molecular weight is 392 g/mol. The summed E-state index contributed by atoms with van der Waals surface area (Å²) in [5.41, 5.74) is 7.50. The quantitative estimate of drug-likeness (QED) is 0.674. The smallest absolute Gasteiger partial charge is 0.264 e. The fraction of sp³-hybridized carbons (Fsp3) is 0.750. The first kappa shape index (κ1) is 21.7. The molecule has 2 aromatic rings. The van der Waals surface area contributed by atoms with Crippen LogP contribution in [0.4, 0.5) is 5.95 Å². The number of hydrogen-bond acceptors (Lipinski definition) is 5. The van der Waals surface area contributed by atoms with Crippen molar-refractivity contribution in [1.29, 1.82) is 0 Å². The minimum absolute atomic E-state index is 0.0160. The number of anilines is 1. The molecule has 6 nitrogen and oxygen atoms in total. The van der Waals surface area contributed by atoms with Crippen LogP contribution < -0.4 is 10.2 Å². The van der Waals surface area contributed by atoms with E-state index in [9.17, 15) is 0 Å². The van der Waals surface area contributed by atoms with Gasteiger partial charge in [0, 0.05) is 6.04 Å². The maximum atomic E-state index is 6.96. The second-order valence-electron chi connectivity index (χ2n) is 10.3. The Labute approximate surface area is 165 Å². The van der Waals surface area contributed by atoms with Gasteiger partial charge in [-0.2, -0.15) is 9.97 Å². The number of aromatic nitrogens is 4. The number of hydrogen-bond donors (Lipinski definition) is 1. The van der Waals surface area contributed by atoms with Gasteiger partial charge >= 0.3 is 0 Å². The van der Waals surface area contributed by atoms with Crippen LogP contribution in [0.25, 0.3) is 11.2 Å². The molecular weight excluding hydrogens is 354 g/mol. The average Bonchev–Trinajstić information content (AvgIpc) is 2.87. The van der Waals surface area contributed by atoms with E-state index in [-0.39, 0.29) is 22.1 Å². The molecule has 0 saturated carbocycles. The van der Waals surface area contributed by atoms with Gasteiger partial charge in [-0.05, 0) is 35.9 Å². The molecule has 0 saturated heterocycles. The summed E-state index contributed by atoms with van der Waals surface area (Å²) in [7, 11) is -2.36. The molecule has 0 atom stereocenters. The Morgan fingerprint density at radius 2 is 1.59 bits per heavy atom. The van der Waals surface area contributed by atoms with Crippen LogP contribution in [-0.2, 0) is 0 Å².